The molecule has 2 aromatic rings. The summed E-state index contributed by atoms with van der Waals surface area (Å²) < 4.78 is 2.56. The Bertz CT molecular complexity index is 574. The van der Waals surface area contributed by atoms with Crippen molar-refractivity contribution in [1.29, 1.82) is 0 Å². The number of nitrogens with zero attached hydrogens (tertiary/aromatic N) is 2. The van der Waals surface area contributed by atoms with E-state index < -0.39 is 0 Å². The molecule has 1 aliphatic rings. The van der Waals surface area contributed by atoms with Gasteiger partial charge in [0.05, 0.1) is 11.0 Å². The van der Waals surface area contributed by atoms with Crippen LogP contribution < -0.4 is 0 Å². The standard InChI is InChI=1S/C18H26N2/c1-4-7-18-19-16-8-5-6-9-17(16)20(18)15-11-13(2)10-14(3)12-15/h5-6,8-9,13-15H,4,7,10-12H2,1-3H3. The van der Waals surface area contributed by atoms with Gasteiger partial charge in [0.15, 0.2) is 0 Å². The molecular formula is C18H26N2. The van der Waals surface area contributed by atoms with Gasteiger partial charge in [0.1, 0.15) is 5.82 Å². The molecule has 0 bridgehead atoms. The van der Waals surface area contributed by atoms with Gasteiger partial charge in [0.25, 0.3) is 0 Å². The van der Waals surface area contributed by atoms with E-state index in [4.69, 9.17) is 4.98 Å². The van der Waals surface area contributed by atoms with Crippen molar-refractivity contribution in [3.63, 3.8) is 0 Å². The molecule has 3 rings (SSSR count). The molecule has 1 fully saturated rings. The maximum Gasteiger partial charge on any atom is 0.110 e. The maximum absolute atomic E-state index is 4.89. The first kappa shape index (κ1) is 13.7. The zero-order valence-corrected chi connectivity index (χ0v) is 13.0. The van der Waals surface area contributed by atoms with E-state index in [0.717, 1.165) is 18.3 Å². The van der Waals surface area contributed by atoms with Crippen LogP contribution in [0.5, 0.6) is 0 Å². The summed E-state index contributed by atoms with van der Waals surface area (Å²) in [6.07, 6.45) is 6.25. The van der Waals surface area contributed by atoms with E-state index in [1.54, 1.807) is 0 Å². The summed E-state index contributed by atoms with van der Waals surface area (Å²) in [4.78, 5) is 4.89. The first-order chi connectivity index (χ1) is 9.69. The average molecular weight is 270 g/mol. The van der Waals surface area contributed by atoms with Gasteiger partial charge >= 0.3 is 0 Å². The number of imidazole rings is 1. The summed E-state index contributed by atoms with van der Waals surface area (Å²) in [5.74, 6) is 2.96. The SMILES string of the molecule is CCCc1nc2ccccc2n1C1CC(C)CC(C)C1. The van der Waals surface area contributed by atoms with Gasteiger partial charge in [-0.2, -0.15) is 0 Å². The molecule has 2 atom stereocenters. The van der Waals surface area contributed by atoms with Crippen LogP contribution in [0.4, 0.5) is 0 Å². The van der Waals surface area contributed by atoms with Crippen molar-refractivity contribution in [2.24, 2.45) is 11.8 Å². The molecule has 0 aliphatic heterocycles. The molecule has 0 radical (unpaired) electrons. The van der Waals surface area contributed by atoms with Gasteiger partial charge in [-0.15, -0.1) is 0 Å². The van der Waals surface area contributed by atoms with E-state index in [2.05, 4.69) is 49.6 Å². The third-order valence-electron chi connectivity index (χ3n) is 4.66. The second kappa shape index (κ2) is 5.59. The molecule has 0 N–H and O–H groups in total. The van der Waals surface area contributed by atoms with E-state index in [1.807, 2.05) is 0 Å². The van der Waals surface area contributed by atoms with E-state index in [-0.39, 0.29) is 0 Å². The van der Waals surface area contributed by atoms with Gasteiger partial charge in [-0.1, -0.05) is 32.9 Å². The molecule has 2 heteroatoms. The minimum absolute atomic E-state index is 0.641. The van der Waals surface area contributed by atoms with Crippen LogP contribution in [-0.2, 0) is 6.42 Å². The first-order valence-corrected chi connectivity index (χ1v) is 8.14. The second-order valence-corrected chi connectivity index (χ2v) is 6.71. The summed E-state index contributed by atoms with van der Waals surface area (Å²) in [5.41, 5.74) is 2.50. The molecule has 2 unspecified atom stereocenters. The highest BCUT2D eigenvalue weighted by Crippen LogP contribution is 2.38. The van der Waals surface area contributed by atoms with Gasteiger partial charge < -0.3 is 4.57 Å². The van der Waals surface area contributed by atoms with Gasteiger partial charge in [0.2, 0.25) is 0 Å². The topological polar surface area (TPSA) is 17.8 Å². The van der Waals surface area contributed by atoms with E-state index >= 15 is 0 Å². The van der Waals surface area contributed by atoms with Crippen LogP contribution in [0.3, 0.4) is 0 Å². The molecule has 1 heterocycles. The minimum atomic E-state index is 0.641. The summed E-state index contributed by atoms with van der Waals surface area (Å²) in [7, 11) is 0. The Morgan fingerprint density at radius 3 is 2.50 bits per heavy atom. The lowest BCUT2D eigenvalue weighted by atomic mass is 9.80. The predicted molar refractivity (Wildman–Crippen MR) is 84.9 cm³/mol. The fraction of sp³-hybridized carbons (Fsp3) is 0.611. The van der Waals surface area contributed by atoms with Crippen molar-refractivity contribution in [2.45, 2.75) is 58.9 Å². The van der Waals surface area contributed by atoms with Gasteiger partial charge in [-0.25, -0.2) is 4.98 Å². The Kier molecular flexibility index (Phi) is 3.82. The van der Waals surface area contributed by atoms with Crippen molar-refractivity contribution in [3.8, 4) is 0 Å². The molecule has 1 aromatic carbocycles. The van der Waals surface area contributed by atoms with E-state index in [0.29, 0.717) is 6.04 Å². The molecule has 20 heavy (non-hydrogen) atoms. The van der Waals surface area contributed by atoms with Crippen molar-refractivity contribution >= 4 is 11.0 Å². The van der Waals surface area contributed by atoms with Gasteiger partial charge in [-0.3, -0.25) is 0 Å². The number of benzene rings is 1. The first-order valence-electron chi connectivity index (χ1n) is 8.14. The van der Waals surface area contributed by atoms with Crippen LogP contribution in [-0.4, -0.2) is 9.55 Å². The maximum atomic E-state index is 4.89. The summed E-state index contributed by atoms with van der Waals surface area (Å²) in [6, 6.07) is 9.28. The number of rotatable bonds is 3. The lowest BCUT2D eigenvalue weighted by Gasteiger charge is -2.33. The quantitative estimate of drug-likeness (QED) is 0.768. The monoisotopic (exact) mass is 270 g/mol. The number of aromatic nitrogens is 2. The van der Waals surface area contributed by atoms with Crippen LogP contribution in [0.25, 0.3) is 11.0 Å². The molecule has 2 nitrogen and oxygen atoms in total. The number of para-hydroxylation sites is 2. The smallest absolute Gasteiger partial charge is 0.110 e. The Labute approximate surface area is 122 Å². The number of fused-ring (bicyclic) bond motifs is 1. The van der Waals surface area contributed by atoms with Crippen LogP contribution in [0, 0.1) is 11.8 Å². The Morgan fingerprint density at radius 2 is 1.80 bits per heavy atom. The second-order valence-electron chi connectivity index (χ2n) is 6.71. The van der Waals surface area contributed by atoms with Gasteiger partial charge in [-0.05, 0) is 49.7 Å². The Hall–Kier alpha value is -1.31. The third-order valence-corrected chi connectivity index (χ3v) is 4.66. The minimum Gasteiger partial charge on any atom is -0.325 e. The third kappa shape index (κ3) is 2.48. The van der Waals surface area contributed by atoms with Crippen LogP contribution >= 0.6 is 0 Å². The van der Waals surface area contributed by atoms with E-state index in [9.17, 15) is 0 Å². The van der Waals surface area contributed by atoms with E-state index in [1.165, 1.54) is 42.5 Å². The summed E-state index contributed by atoms with van der Waals surface area (Å²) in [6.45, 7) is 7.05. The predicted octanol–water partition coefficient (Wildman–Crippen LogP) is 4.99. The Balaban J connectivity index is 2.05. The fourth-order valence-electron chi connectivity index (χ4n) is 4.02. The molecule has 1 aliphatic carbocycles. The molecule has 0 saturated heterocycles. The lowest BCUT2D eigenvalue weighted by molar-refractivity contribution is 0.221. The van der Waals surface area contributed by atoms with Crippen LogP contribution in [0.1, 0.15) is 58.3 Å². The van der Waals surface area contributed by atoms with Crippen LogP contribution in [0.15, 0.2) is 24.3 Å². The van der Waals surface area contributed by atoms with Crippen LogP contribution in [0.2, 0.25) is 0 Å². The molecular weight excluding hydrogens is 244 g/mol. The van der Waals surface area contributed by atoms with Crippen molar-refractivity contribution in [2.75, 3.05) is 0 Å². The average Bonchev–Trinajstić information content (AvgIpc) is 2.76. The largest absolute Gasteiger partial charge is 0.325 e. The fourth-order valence-corrected chi connectivity index (χ4v) is 4.02. The lowest BCUT2D eigenvalue weighted by Crippen LogP contribution is -2.23. The van der Waals surface area contributed by atoms with Crippen molar-refractivity contribution in [3.05, 3.63) is 30.1 Å². The zero-order valence-electron chi connectivity index (χ0n) is 13.0. The number of hydrogen-bond donors (Lipinski definition) is 0. The number of aryl methyl sites for hydroxylation is 1. The normalized spacial score (nSPS) is 27.1. The molecule has 0 spiro atoms. The van der Waals surface area contributed by atoms with Crippen molar-refractivity contribution < 1.29 is 0 Å². The Morgan fingerprint density at radius 1 is 1.10 bits per heavy atom. The summed E-state index contributed by atoms with van der Waals surface area (Å²) >= 11 is 0. The highest BCUT2D eigenvalue weighted by atomic mass is 15.1. The molecule has 0 amide bonds. The van der Waals surface area contributed by atoms with Crippen molar-refractivity contribution in [1.82, 2.24) is 9.55 Å². The number of hydrogen-bond acceptors (Lipinski definition) is 1. The molecule has 1 aromatic heterocycles. The molecule has 1 saturated carbocycles. The summed E-state index contributed by atoms with van der Waals surface area (Å²) in [5, 5.41) is 0. The highest BCUT2D eigenvalue weighted by molar-refractivity contribution is 5.76. The highest BCUT2D eigenvalue weighted by Gasteiger charge is 2.27. The van der Waals surface area contributed by atoms with Gasteiger partial charge in [0, 0.05) is 12.5 Å². The zero-order chi connectivity index (χ0) is 14.1. The molecule has 108 valence electrons.